The van der Waals surface area contributed by atoms with Gasteiger partial charge in [0.05, 0.1) is 0 Å². The van der Waals surface area contributed by atoms with Crippen LogP contribution in [0.4, 0.5) is 0 Å². The van der Waals surface area contributed by atoms with Gasteiger partial charge in [0.1, 0.15) is 0 Å². The van der Waals surface area contributed by atoms with Crippen molar-refractivity contribution in [3.05, 3.63) is 28.5 Å². The Morgan fingerprint density at radius 2 is 2.16 bits per heavy atom. The van der Waals surface area contributed by atoms with Gasteiger partial charge in [-0.25, -0.2) is 0 Å². The van der Waals surface area contributed by atoms with Crippen molar-refractivity contribution in [1.29, 1.82) is 0 Å². The summed E-state index contributed by atoms with van der Waals surface area (Å²) >= 11 is 3.54. The van der Waals surface area contributed by atoms with Gasteiger partial charge in [-0.1, -0.05) is 6.92 Å². The molecule has 2 saturated carbocycles. The Hall–Kier alpha value is -0.410. The standard InChI is InChI=1S/C16H23BrN2/c1-2-3-18-11-16(7-13-5-14(13)8-16)6-12-4-15(17)10-19-9-12/h4,9-10,13-14,18H,2-3,5-8,11H2,1H3. The van der Waals surface area contributed by atoms with E-state index >= 15 is 0 Å². The van der Waals surface area contributed by atoms with Crippen LogP contribution in [0, 0.1) is 17.3 Å². The Labute approximate surface area is 124 Å². The number of aromatic nitrogens is 1. The van der Waals surface area contributed by atoms with E-state index in [4.69, 9.17) is 0 Å². The van der Waals surface area contributed by atoms with E-state index in [0.717, 1.165) is 22.9 Å². The maximum Gasteiger partial charge on any atom is 0.0410 e. The van der Waals surface area contributed by atoms with Crippen molar-refractivity contribution >= 4 is 15.9 Å². The van der Waals surface area contributed by atoms with Gasteiger partial charge < -0.3 is 5.32 Å². The molecule has 0 aromatic carbocycles. The third kappa shape index (κ3) is 3.19. The second-order valence-corrected chi connectivity index (χ2v) is 7.44. The summed E-state index contributed by atoms with van der Waals surface area (Å²) in [4.78, 5) is 4.32. The summed E-state index contributed by atoms with van der Waals surface area (Å²) in [5.41, 5.74) is 1.87. The van der Waals surface area contributed by atoms with Gasteiger partial charge in [0.25, 0.3) is 0 Å². The summed E-state index contributed by atoms with van der Waals surface area (Å²) in [5, 5.41) is 3.66. The Bertz CT molecular complexity index is 436. The molecule has 1 aromatic heterocycles. The molecule has 2 atom stereocenters. The average molecular weight is 323 g/mol. The Morgan fingerprint density at radius 3 is 2.84 bits per heavy atom. The van der Waals surface area contributed by atoms with Crippen LogP contribution in [0.25, 0.3) is 0 Å². The molecule has 2 unspecified atom stereocenters. The number of nitrogens with one attached hydrogen (secondary N) is 1. The van der Waals surface area contributed by atoms with Gasteiger partial charge in [-0.2, -0.15) is 0 Å². The van der Waals surface area contributed by atoms with E-state index in [1.807, 2.05) is 12.4 Å². The van der Waals surface area contributed by atoms with Gasteiger partial charge in [0.2, 0.25) is 0 Å². The van der Waals surface area contributed by atoms with Crippen molar-refractivity contribution in [3.8, 4) is 0 Å². The fraction of sp³-hybridized carbons (Fsp3) is 0.688. The number of halogens is 1. The maximum atomic E-state index is 4.32. The maximum absolute atomic E-state index is 4.32. The van der Waals surface area contributed by atoms with Gasteiger partial charge in [-0.3, -0.25) is 4.98 Å². The molecule has 1 N–H and O–H groups in total. The largest absolute Gasteiger partial charge is 0.316 e. The second kappa shape index (κ2) is 5.53. The molecule has 3 rings (SSSR count). The van der Waals surface area contributed by atoms with Gasteiger partial charge >= 0.3 is 0 Å². The summed E-state index contributed by atoms with van der Waals surface area (Å²) in [7, 11) is 0. The monoisotopic (exact) mass is 322 g/mol. The van der Waals surface area contributed by atoms with Crippen LogP contribution in [-0.4, -0.2) is 18.1 Å². The first-order valence-electron chi connectivity index (χ1n) is 7.51. The summed E-state index contributed by atoms with van der Waals surface area (Å²) in [6, 6.07) is 2.23. The molecule has 0 bridgehead atoms. The Balaban J connectivity index is 1.69. The quantitative estimate of drug-likeness (QED) is 0.806. The molecule has 1 heterocycles. The van der Waals surface area contributed by atoms with Crippen molar-refractivity contribution in [1.82, 2.24) is 10.3 Å². The number of rotatable bonds is 6. The SMILES string of the molecule is CCCNCC1(Cc2cncc(Br)c2)CC2CC2C1. The van der Waals surface area contributed by atoms with Crippen LogP contribution in [0.1, 0.15) is 38.2 Å². The lowest BCUT2D eigenvalue weighted by atomic mass is 9.77. The molecule has 2 fully saturated rings. The van der Waals surface area contributed by atoms with E-state index in [-0.39, 0.29) is 0 Å². The molecular weight excluding hydrogens is 300 g/mol. The van der Waals surface area contributed by atoms with E-state index in [2.05, 4.69) is 39.2 Å². The first-order valence-corrected chi connectivity index (χ1v) is 8.30. The van der Waals surface area contributed by atoms with Crippen LogP contribution in [0.15, 0.2) is 22.9 Å². The summed E-state index contributed by atoms with van der Waals surface area (Å²) in [5.74, 6) is 2.06. The van der Waals surface area contributed by atoms with Crippen LogP contribution in [-0.2, 0) is 6.42 Å². The van der Waals surface area contributed by atoms with Crippen molar-refractivity contribution < 1.29 is 0 Å². The van der Waals surface area contributed by atoms with Gasteiger partial charge in [-0.05, 0) is 83.5 Å². The van der Waals surface area contributed by atoms with Gasteiger partial charge in [-0.15, -0.1) is 0 Å². The van der Waals surface area contributed by atoms with E-state index in [9.17, 15) is 0 Å². The van der Waals surface area contributed by atoms with E-state index < -0.39 is 0 Å². The third-order valence-corrected chi connectivity index (χ3v) is 5.16. The van der Waals surface area contributed by atoms with Crippen molar-refractivity contribution in [2.24, 2.45) is 17.3 Å². The summed E-state index contributed by atoms with van der Waals surface area (Å²) < 4.78 is 1.10. The van der Waals surface area contributed by atoms with Crippen molar-refractivity contribution in [3.63, 3.8) is 0 Å². The highest BCUT2D eigenvalue weighted by molar-refractivity contribution is 9.10. The summed E-state index contributed by atoms with van der Waals surface area (Å²) in [6.45, 7) is 4.57. The highest BCUT2D eigenvalue weighted by atomic mass is 79.9. The number of hydrogen-bond acceptors (Lipinski definition) is 2. The smallest absolute Gasteiger partial charge is 0.0410 e. The number of nitrogens with zero attached hydrogens (tertiary/aromatic N) is 1. The lowest BCUT2D eigenvalue weighted by Crippen LogP contribution is -2.35. The molecule has 0 radical (unpaired) electrons. The molecule has 104 valence electrons. The van der Waals surface area contributed by atoms with Crippen molar-refractivity contribution in [2.75, 3.05) is 13.1 Å². The predicted molar refractivity (Wildman–Crippen MR) is 82.1 cm³/mol. The topological polar surface area (TPSA) is 24.9 Å². The van der Waals surface area contributed by atoms with Crippen LogP contribution in [0.2, 0.25) is 0 Å². The van der Waals surface area contributed by atoms with Gasteiger partial charge in [0, 0.05) is 23.4 Å². The molecular formula is C16H23BrN2. The highest BCUT2D eigenvalue weighted by Crippen LogP contribution is 2.60. The fourth-order valence-electron chi connectivity index (χ4n) is 3.87. The molecule has 0 saturated heterocycles. The Kier molecular flexibility index (Phi) is 3.95. The zero-order valence-corrected chi connectivity index (χ0v) is 13.2. The molecule has 1 aromatic rings. The van der Waals surface area contributed by atoms with Crippen LogP contribution >= 0.6 is 15.9 Å². The average Bonchev–Trinajstić information content (AvgIpc) is 2.98. The lowest BCUT2D eigenvalue weighted by molar-refractivity contribution is 0.248. The zero-order chi connectivity index (χ0) is 13.3. The molecule has 3 heteroatoms. The van der Waals surface area contributed by atoms with Crippen molar-refractivity contribution in [2.45, 2.75) is 39.0 Å². The van der Waals surface area contributed by atoms with Crippen LogP contribution in [0.5, 0.6) is 0 Å². The number of fused-ring (bicyclic) bond motifs is 1. The van der Waals surface area contributed by atoms with Crippen LogP contribution in [0.3, 0.4) is 0 Å². The predicted octanol–water partition coefficient (Wildman–Crippen LogP) is 3.80. The molecule has 2 aliphatic rings. The summed E-state index contributed by atoms with van der Waals surface area (Å²) in [6.07, 6.45) is 10.6. The molecule has 0 aliphatic heterocycles. The zero-order valence-electron chi connectivity index (χ0n) is 11.7. The first kappa shape index (κ1) is 13.6. The molecule has 2 aliphatic carbocycles. The fourth-order valence-corrected chi connectivity index (χ4v) is 4.29. The number of hydrogen-bond donors (Lipinski definition) is 1. The molecule has 19 heavy (non-hydrogen) atoms. The minimum absolute atomic E-state index is 0.491. The highest BCUT2D eigenvalue weighted by Gasteiger charge is 2.53. The minimum atomic E-state index is 0.491. The van der Waals surface area contributed by atoms with E-state index in [0.29, 0.717) is 5.41 Å². The van der Waals surface area contributed by atoms with Gasteiger partial charge in [0.15, 0.2) is 0 Å². The van der Waals surface area contributed by atoms with E-state index in [1.54, 1.807) is 0 Å². The second-order valence-electron chi connectivity index (χ2n) is 6.53. The molecule has 2 nitrogen and oxygen atoms in total. The normalized spacial score (nSPS) is 32.3. The minimum Gasteiger partial charge on any atom is -0.316 e. The first-order chi connectivity index (χ1) is 9.21. The lowest BCUT2D eigenvalue weighted by Gasteiger charge is -2.31. The van der Waals surface area contributed by atoms with E-state index in [1.165, 1.54) is 44.2 Å². The number of pyridine rings is 1. The van der Waals surface area contributed by atoms with Crippen LogP contribution < -0.4 is 5.32 Å². The Morgan fingerprint density at radius 1 is 1.37 bits per heavy atom. The third-order valence-electron chi connectivity index (χ3n) is 4.73. The molecule has 0 spiro atoms. The molecule has 0 amide bonds.